The van der Waals surface area contributed by atoms with Crippen LogP contribution in [0.15, 0.2) is 48.6 Å². The zero-order chi connectivity index (χ0) is 36.1. The zero-order valence-electron chi connectivity index (χ0n) is 30.9. The van der Waals surface area contributed by atoms with Crippen molar-refractivity contribution >= 4 is 19.8 Å². The molecule has 0 aromatic carbocycles. The maximum Gasteiger partial charge on any atom is 0.472 e. The van der Waals surface area contributed by atoms with E-state index in [0.717, 1.165) is 89.9 Å². The highest BCUT2D eigenvalue weighted by Gasteiger charge is 2.25. The Morgan fingerprint density at radius 1 is 0.653 bits per heavy atom. The van der Waals surface area contributed by atoms with E-state index in [9.17, 15) is 19.0 Å². The van der Waals surface area contributed by atoms with E-state index in [1.54, 1.807) is 0 Å². The van der Waals surface area contributed by atoms with Crippen LogP contribution in [-0.4, -0.2) is 49.3 Å². The van der Waals surface area contributed by atoms with Crippen molar-refractivity contribution < 1.29 is 37.6 Å². The van der Waals surface area contributed by atoms with Gasteiger partial charge in [0.15, 0.2) is 6.10 Å². The number of rotatable bonds is 35. The summed E-state index contributed by atoms with van der Waals surface area (Å²) in [5.41, 5.74) is 5.33. The first-order valence-corrected chi connectivity index (χ1v) is 20.6. The number of hydrogen-bond acceptors (Lipinski definition) is 8. The monoisotopic (exact) mass is 711 g/mol. The van der Waals surface area contributed by atoms with Crippen LogP contribution in [0, 0.1) is 0 Å². The Labute approximate surface area is 298 Å². The fourth-order valence-corrected chi connectivity index (χ4v) is 5.69. The van der Waals surface area contributed by atoms with Gasteiger partial charge < -0.3 is 20.1 Å². The Kier molecular flexibility index (Phi) is 34.3. The van der Waals surface area contributed by atoms with Crippen LogP contribution in [0.2, 0.25) is 0 Å². The summed E-state index contributed by atoms with van der Waals surface area (Å²) in [7, 11) is -4.38. The molecule has 0 spiro atoms. The Hall–Kier alpha value is -2.03. The molecule has 0 aliphatic heterocycles. The second kappa shape index (κ2) is 35.8. The molecule has 0 rings (SSSR count). The molecule has 0 aliphatic carbocycles. The van der Waals surface area contributed by atoms with Gasteiger partial charge in [0.1, 0.15) is 6.61 Å². The van der Waals surface area contributed by atoms with Crippen molar-refractivity contribution in [3.05, 3.63) is 48.6 Å². The summed E-state index contributed by atoms with van der Waals surface area (Å²) >= 11 is 0. The molecule has 0 aromatic heterocycles. The number of nitrogens with two attached hydrogens (primary N) is 1. The van der Waals surface area contributed by atoms with E-state index in [1.165, 1.54) is 32.1 Å². The van der Waals surface area contributed by atoms with E-state index in [1.807, 2.05) is 0 Å². The molecule has 0 aliphatic rings. The fraction of sp³-hybridized carbons (Fsp3) is 0.744. The molecule has 0 amide bonds. The number of hydrogen-bond donors (Lipinski definition) is 2. The molecule has 0 fully saturated rings. The van der Waals surface area contributed by atoms with Gasteiger partial charge in [0.05, 0.1) is 13.2 Å². The van der Waals surface area contributed by atoms with Gasteiger partial charge in [0, 0.05) is 19.4 Å². The number of carbonyl (C=O) groups excluding carboxylic acids is 2. The van der Waals surface area contributed by atoms with Crippen LogP contribution in [0.4, 0.5) is 0 Å². The molecule has 9 nitrogen and oxygen atoms in total. The van der Waals surface area contributed by atoms with Crippen molar-refractivity contribution in [3.63, 3.8) is 0 Å². The number of esters is 2. The lowest BCUT2D eigenvalue weighted by molar-refractivity contribution is -0.161. The molecule has 3 N–H and O–H groups in total. The van der Waals surface area contributed by atoms with Crippen LogP contribution in [-0.2, 0) is 32.7 Å². The van der Waals surface area contributed by atoms with Crippen molar-refractivity contribution in [1.82, 2.24) is 0 Å². The van der Waals surface area contributed by atoms with E-state index in [2.05, 4.69) is 62.5 Å². The quantitative estimate of drug-likeness (QED) is 0.0285. The number of ether oxygens (including phenoxy) is 2. The molecule has 0 saturated heterocycles. The third-order valence-corrected chi connectivity index (χ3v) is 8.72. The van der Waals surface area contributed by atoms with Crippen LogP contribution >= 0.6 is 7.82 Å². The van der Waals surface area contributed by atoms with Crippen LogP contribution in [0.3, 0.4) is 0 Å². The summed E-state index contributed by atoms with van der Waals surface area (Å²) in [6.45, 7) is 3.42. The number of phosphoric acid groups is 1. The molecule has 10 heteroatoms. The predicted molar refractivity (Wildman–Crippen MR) is 201 cm³/mol. The summed E-state index contributed by atoms with van der Waals surface area (Å²) in [5, 5.41) is 0. The highest BCUT2D eigenvalue weighted by Crippen LogP contribution is 2.43. The maximum atomic E-state index is 12.5. The number of allylic oxidation sites excluding steroid dienone is 8. The van der Waals surface area contributed by atoms with Crippen molar-refractivity contribution in [2.45, 2.75) is 161 Å². The fourth-order valence-electron chi connectivity index (χ4n) is 4.92. The molecule has 284 valence electrons. The summed E-state index contributed by atoms with van der Waals surface area (Å²) in [4.78, 5) is 34.7. The molecular formula is C39H70NO8P. The average Bonchev–Trinajstić information content (AvgIpc) is 3.08. The van der Waals surface area contributed by atoms with Gasteiger partial charge in [-0.05, 0) is 71.1 Å². The minimum atomic E-state index is -4.38. The van der Waals surface area contributed by atoms with Crippen LogP contribution in [0.5, 0.6) is 0 Å². The third kappa shape index (κ3) is 35.6. The van der Waals surface area contributed by atoms with Crippen LogP contribution in [0.25, 0.3) is 0 Å². The molecule has 0 heterocycles. The molecule has 49 heavy (non-hydrogen) atoms. The van der Waals surface area contributed by atoms with Gasteiger partial charge in [-0.25, -0.2) is 4.57 Å². The number of unbranched alkanes of at least 4 members (excludes halogenated alkanes) is 15. The Morgan fingerprint density at radius 2 is 1.16 bits per heavy atom. The first-order valence-electron chi connectivity index (χ1n) is 19.1. The summed E-state index contributed by atoms with van der Waals surface area (Å²) in [6.07, 6.45) is 38.6. The maximum absolute atomic E-state index is 12.5. The lowest BCUT2D eigenvalue weighted by Crippen LogP contribution is -2.29. The molecule has 2 atom stereocenters. The van der Waals surface area contributed by atoms with E-state index in [-0.39, 0.29) is 32.6 Å². The largest absolute Gasteiger partial charge is 0.472 e. The lowest BCUT2D eigenvalue weighted by Gasteiger charge is -2.19. The SMILES string of the molecule is C/C=C/CC/C=C/CCCCCCCCCCC(=O)OC[C@H](COP(=O)(O)OCCN)OC(=O)CCCCCCC/C=C/C/C=C/CCC. The van der Waals surface area contributed by atoms with Crippen molar-refractivity contribution in [2.24, 2.45) is 5.73 Å². The van der Waals surface area contributed by atoms with Gasteiger partial charge in [0.25, 0.3) is 0 Å². The first-order chi connectivity index (χ1) is 23.8. The van der Waals surface area contributed by atoms with Crippen molar-refractivity contribution in [1.29, 1.82) is 0 Å². The van der Waals surface area contributed by atoms with Gasteiger partial charge in [0.2, 0.25) is 0 Å². The zero-order valence-corrected chi connectivity index (χ0v) is 31.8. The Balaban J connectivity index is 4.24. The highest BCUT2D eigenvalue weighted by molar-refractivity contribution is 7.47. The second-order valence-electron chi connectivity index (χ2n) is 12.4. The summed E-state index contributed by atoms with van der Waals surface area (Å²) < 4.78 is 32.6. The minimum absolute atomic E-state index is 0.0485. The normalized spacial score (nSPS) is 14.0. The van der Waals surface area contributed by atoms with Gasteiger partial charge >= 0.3 is 19.8 Å². The van der Waals surface area contributed by atoms with Gasteiger partial charge in [-0.3, -0.25) is 18.6 Å². The summed E-state index contributed by atoms with van der Waals surface area (Å²) in [6, 6.07) is 0. The highest BCUT2D eigenvalue weighted by atomic mass is 31.2. The third-order valence-electron chi connectivity index (χ3n) is 7.74. The Morgan fingerprint density at radius 3 is 1.76 bits per heavy atom. The molecule has 1 unspecified atom stereocenters. The van der Waals surface area contributed by atoms with E-state index in [4.69, 9.17) is 24.3 Å². The molecule has 0 aromatic rings. The summed E-state index contributed by atoms with van der Waals surface area (Å²) in [5.74, 6) is -0.856. The van der Waals surface area contributed by atoms with Crippen molar-refractivity contribution in [2.75, 3.05) is 26.4 Å². The van der Waals surface area contributed by atoms with Crippen LogP contribution in [0.1, 0.15) is 155 Å². The van der Waals surface area contributed by atoms with Gasteiger partial charge in [-0.1, -0.05) is 120 Å². The van der Waals surface area contributed by atoms with Gasteiger partial charge in [-0.15, -0.1) is 0 Å². The predicted octanol–water partition coefficient (Wildman–Crippen LogP) is 10.4. The van der Waals surface area contributed by atoms with E-state index < -0.39 is 32.5 Å². The van der Waals surface area contributed by atoms with Gasteiger partial charge in [-0.2, -0.15) is 0 Å². The molecule has 0 saturated carbocycles. The minimum Gasteiger partial charge on any atom is -0.462 e. The van der Waals surface area contributed by atoms with E-state index >= 15 is 0 Å². The second-order valence-corrected chi connectivity index (χ2v) is 13.9. The molecule has 0 bridgehead atoms. The Bertz CT molecular complexity index is 949. The van der Waals surface area contributed by atoms with Crippen LogP contribution < -0.4 is 5.73 Å². The standard InChI is InChI=1S/C39H70NO8P/c1-3-5-7-9-11-13-15-17-18-20-21-23-25-27-29-31-38(41)45-35-37(36-47-49(43,44)46-34-33-40)48-39(42)32-30-28-26-24-22-19-16-14-12-10-8-6-4-2/h3,5,8,10-11,13-14,16,37H,4,6-7,9,12,15,17-36,40H2,1-2H3,(H,43,44)/b5-3+,10-8+,13-11+,16-14+/t37-/m1/s1. The first kappa shape index (κ1) is 47.0. The molecular weight excluding hydrogens is 641 g/mol. The van der Waals surface area contributed by atoms with E-state index in [0.29, 0.717) is 6.42 Å². The average molecular weight is 712 g/mol. The van der Waals surface area contributed by atoms with Crippen molar-refractivity contribution in [3.8, 4) is 0 Å². The smallest absolute Gasteiger partial charge is 0.462 e. The number of carbonyl (C=O) groups is 2. The number of phosphoric ester groups is 1. The topological polar surface area (TPSA) is 134 Å². The molecule has 0 radical (unpaired) electrons. The lowest BCUT2D eigenvalue weighted by atomic mass is 10.1.